The van der Waals surface area contributed by atoms with Gasteiger partial charge in [-0.1, -0.05) is 6.55 Å². The van der Waals surface area contributed by atoms with Gasteiger partial charge in [-0.2, -0.15) is 0 Å². The first kappa shape index (κ1) is 7.37. The molecule has 0 unspecified atom stereocenters. The lowest BCUT2D eigenvalue weighted by Crippen LogP contribution is -2.14. The average molecular weight is 138 g/mol. The lowest BCUT2D eigenvalue weighted by atomic mass is 11.8. The smallest absolute Gasteiger partial charge is 0.0294 e. The van der Waals surface area contributed by atoms with E-state index in [9.17, 15) is 4.21 Å². The molecular formula is C4H14OSSi. The molecule has 1 nitrogen and oxygen atoms in total. The van der Waals surface area contributed by atoms with Crippen LogP contribution in [0.15, 0.2) is 0 Å². The zero-order chi connectivity index (χ0) is 5.91. The minimum Gasteiger partial charge on any atom is -0.286 e. The fraction of sp³-hybridized carbons (Fsp3) is 1.00. The first-order valence-corrected chi connectivity index (χ1v) is 7.80. The van der Waals surface area contributed by atoms with Crippen LogP contribution in [0, 0.1) is 0 Å². The first-order chi connectivity index (χ1) is 3.06. The molecule has 0 bridgehead atoms. The van der Waals surface area contributed by atoms with Crippen molar-refractivity contribution >= 4 is 19.5 Å². The topological polar surface area (TPSA) is 17.1 Å². The molecule has 0 rings (SSSR count). The van der Waals surface area contributed by atoms with Gasteiger partial charge >= 0.3 is 0 Å². The van der Waals surface area contributed by atoms with Crippen molar-refractivity contribution in [2.75, 3.05) is 17.9 Å². The van der Waals surface area contributed by atoms with E-state index in [2.05, 4.69) is 6.55 Å². The third-order valence-corrected chi connectivity index (χ3v) is 6.86. The van der Waals surface area contributed by atoms with Crippen molar-refractivity contribution in [2.24, 2.45) is 0 Å². The molecule has 0 aromatic rings. The van der Waals surface area contributed by atoms with Crippen LogP contribution in [0.2, 0.25) is 6.55 Å². The number of hydrogen-bond donors (Lipinski definition) is 1. The Morgan fingerprint density at radius 3 is 2.00 bits per heavy atom. The van der Waals surface area contributed by atoms with Gasteiger partial charge in [0.05, 0.1) is 0 Å². The van der Waals surface area contributed by atoms with Crippen LogP contribution in [-0.4, -0.2) is 31.6 Å². The van der Waals surface area contributed by atoms with E-state index in [1.54, 1.807) is 0 Å². The van der Waals surface area contributed by atoms with Gasteiger partial charge in [-0.25, -0.2) is 0 Å². The van der Waals surface area contributed by atoms with Gasteiger partial charge in [0, 0.05) is 9.52 Å². The Morgan fingerprint density at radius 2 is 2.00 bits per heavy atom. The molecule has 0 aliphatic rings. The maximum Gasteiger partial charge on any atom is 0.0294 e. The molecule has 0 heterocycles. The summed E-state index contributed by atoms with van der Waals surface area (Å²) in [6.07, 6.45) is 3.73. The molecule has 0 N–H and O–H groups in total. The van der Waals surface area contributed by atoms with Crippen LogP contribution in [0.1, 0.15) is 0 Å². The highest BCUT2D eigenvalue weighted by molar-refractivity contribution is 8.02. The molecule has 3 heteroatoms. The molecule has 0 aliphatic heterocycles. The van der Waals surface area contributed by atoms with Crippen LogP contribution in [0.4, 0.5) is 0 Å². The summed E-state index contributed by atoms with van der Waals surface area (Å²) in [6, 6.07) is 0. The molecule has 0 saturated carbocycles. The average Bonchev–Trinajstić information content (AvgIpc) is 1.30. The molecule has 0 aromatic carbocycles. The van der Waals surface area contributed by atoms with E-state index < -0.39 is 9.93 Å². The summed E-state index contributed by atoms with van der Waals surface area (Å²) in [6.45, 7) is 2.19. The lowest BCUT2D eigenvalue weighted by Gasteiger charge is -2.06. The molecule has 46 valence electrons. The maximum absolute atomic E-state index is 10.8. The van der Waals surface area contributed by atoms with Crippen LogP contribution in [0.3, 0.4) is 0 Å². The van der Waals surface area contributed by atoms with Gasteiger partial charge in [0.15, 0.2) is 0 Å². The Bertz CT molecular complexity index is 85.7. The Balaban J connectivity index is 3.36. The van der Waals surface area contributed by atoms with E-state index in [0.29, 0.717) is 0 Å². The SMILES string of the molecule is C[SiH2]C[SH](C)(C)=O. The van der Waals surface area contributed by atoms with E-state index in [1.807, 2.05) is 12.5 Å². The third kappa shape index (κ3) is 6.37. The fourth-order valence-electron chi connectivity index (χ4n) is 0.539. The summed E-state index contributed by atoms with van der Waals surface area (Å²) < 4.78 is 10.8. The third-order valence-electron chi connectivity index (χ3n) is 0.762. The molecule has 0 spiro atoms. The van der Waals surface area contributed by atoms with Gasteiger partial charge < -0.3 is 0 Å². The summed E-state index contributed by atoms with van der Waals surface area (Å²) in [5, 5.41) is 1.03. The summed E-state index contributed by atoms with van der Waals surface area (Å²) in [7, 11) is -1.56. The number of rotatable bonds is 2. The van der Waals surface area contributed by atoms with Crippen molar-refractivity contribution in [1.29, 1.82) is 0 Å². The van der Waals surface area contributed by atoms with E-state index in [-0.39, 0.29) is 9.52 Å². The Morgan fingerprint density at radius 1 is 1.57 bits per heavy atom. The second-order valence-corrected chi connectivity index (χ2v) is 8.23. The van der Waals surface area contributed by atoms with E-state index in [4.69, 9.17) is 0 Å². The Kier molecular flexibility index (Phi) is 2.76. The molecule has 7 heavy (non-hydrogen) atoms. The Labute approximate surface area is 48.8 Å². The molecule has 0 radical (unpaired) electrons. The molecule has 0 atom stereocenters. The zero-order valence-corrected chi connectivity index (χ0v) is 7.58. The van der Waals surface area contributed by atoms with Crippen molar-refractivity contribution in [3.05, 3.63) is 0 Å². The summed E-state index contributed by atoms with van der Waals surface area (Å²) in [4.78, 5) is 0. The molecule has 0 aliphatic carbocycles. The van der Waals surface area contributed by atoms with Gasteiger partial charge in [-0.15, -0.1) is 9.93 Å². The number of thiol groups is 1. The van der Waals surface area contributed by atoms with Gasteiger partial charge in [0.1, 0.15) is 0 Å². The molecular weight excluding hydrogens is 124 g/mol. The van der Waals surface area contributed by atoms with Crippen molar-refractivity contribution < 1.29 is 4.21 Å². The largest absolute Gasteiger partial charge is 0.286 e. The van der Waals surface area contributed by atoms with Crippen LogP contribution < -0.4 is 0 Å². The highest BCUT2D eigenvalue weighted by Gasteiger charge is 1.94. The second kappa shape index (κ2) is 2.62. The second-order valence-electron chi connectivity index (χ2n) is 2.30. The minimum atomic E-state index is -1.60. The van der Waals surface area contributed by atoms with Crippen LogP contribution in [0.25, 0.3) is 0 Å². The van der Waals surface area contributed by atoms with Crippen molar-refractivity contribution in [3.8, 4) is 0 Å². The standard InChI is InChI=1S/C4H14OSSi/c1-6(2,5)4-7-3/h6H,4,7H2,1-3H3. The highest BCUT2D eigenvalue weighted by Crippen LogP contribution is 1.87. The van der Waals surface area contributed by atoms with Crippen LogP contribution in [0.5, 0.6) is 0 Å². The predicted octanol–water partition coefficient (Wildman–Crippen LogP) is -0.563. The maximum atomic E-state index is 10.8. The van der Waals surface area contributed by atoms with Crippen LogP contribution in [-0.2, 0) is 9.93 Å². The Hall–Kier alpha value is 0.367. The van der Waals surface area contributed by atoms with Crippen molar-refractivity contribution in [1.82, 2.24) is 0 Å². The first-order valence-electron chi connectivity index (χ1n) is 2.60. The van der Waals surface area contributed by atoms with Crippen molar-refractivity contribution in [3.63, 3.8) is 0 Å². The molecule has 0 fully saturated rings. The summed E-state index contributed by atoms with van der Waals surface area (Å²) in [5.41, 5.74) is 0. The molecule has 0 aromatic heterocycles. The van der Waals surface area contributed by atoms with Crippen molar-refractivity contribution in [2.45, 2.75) is 6.55 Å². The fourth-order valence-corrected chi connectivity index (χ4v) is 4.85. The van der Waals surface area contributed by atoms with E-state index in [1.165, 1.54) is 0 Å². The quantitative estimate of drug-likeness (QED) is 0.400. The van der Waals surface area contributed by atoms with E-state index in [0.717, 1.165) is 5.38 Å². The predicted molar refractivity (Wildman–Crippen MR) is 40.7 cm³/mol. The minimum absolute atomic E-state index is 0.0467. The monoisotopic (exact) mass is 138 g/mol. The van der Waals surface area contributed by atoms with E-state index >= 15 is 0 Å². The van der Waals surface area contributed by atoms with Gasteiger partial charge in [-0.3, -0.25) is 4.21 Å². The summed E-state index contributed by atoms with van der Waals surface area (Å²) in [5.74, 6) is 0. The lowest BCUT2D eigenvalue weighted by molar-refractivity contribution is 0.681. The van der Waals surface area contributed by atoms with Gasteiger partial charge in [0.2, 0.25) is 0 Å². The highest BCUT2D eigenvalue weighted by atomic mass is 32.2. The van der Waals surface area contributed by atoms with Gasteiger partial charge in [0.25, 0.3) is 0 Å². The van der Waals surface area contributed by atoms with Crippen LogP contribution >= 0.6 is 0 Å². The zero-order valence-electron chi connectivity index (χ0n) is 5.27. The normalized spacial score (nSPS) is 15.9. The molecule has 0 saturated heterocycles. The summed E-state index contributed by atoms with van der Waals surface area (Å²) >= 11 is 0. The van der Waals surface area contributed by atoms with Gasteiger partial charge in [-0.05, 0) is 17.9 Å². The molecule has 0 amide bonds. The number of hydrogen-bond acceptors (Lipinski definition) is 1.